The van der Waals surface area contributed by atoms with Crippen LogP contribution in [0, 0.1) is 11.8 Å². The minimum atomic E-state index is -0.404. The van der Waals surface area contributed by atoms with Gasteiger partial charge in [-0.25, -0.2) is 4.79 Å². The number of methoxy groups -OCH3 is 2. The fourth-order valence-corrected chi connectivity index (χ4v) is 7.74. The van der Waals surface area contributed by atoms with Gasteiger partial charge >= 0.3 is 5.97 Å². The van der Waals surface area contributed by atoms with E-state index in [1.54, 1.807) is 26.4 Å². The molecule has 6 rings (SSSR count). The van der Waals surface area contributed by atoms with Gasteiger partial charge in [-0.1, -0.05) is 64.1 Å². The number of ether oxygens (including phenoxy) is 6. The molecule has 0 bridgehead atoms. The SMILES string of the molecule is CC[C@@H]1[C@H](C)C(c2ccc(C(=O)CCOCCOCCOCCOC(=O)c3ccc(C4=NN(c5ccc(OC)cc5)[C@@H](CC)[C@H]4C)cc3)cc2)=NN1c1ccc(OC)cc1. The van der Waals surface area contributed by atoms with Gasteiger partial charge in [0.15, 0.2) is 5.78 Å². The Kier molecular flexibility index (Phi) is 15.9. The molecule has 4 atom stereocenters. The lowest BCUT2D eigenvalue weighted by Crippen LogP contribution is -2.31. The Labute approximate surface area is 354 Å². The quantitative estimate of drug-likeness (QED) is 0.0434. The molecule has 60 heavy (non-hydrogen) atoms. The number of carbonyl (C=O) groups is 2. The number of rotatable bonds is 22. The highest BCUT2D eigenvalue weighted by Crippen LogP contribution is 2.35. The number of ketones is 1. The van der Waals surface area contributed by atoms with Crippen LogP contribution < -0.4 is 19.5 Å². The third-order valence-electron chi connectivity index (χ3n) is 11.2. The Morgan fingerprint density at radius 3 is 1.35 bits per heavy atom. The maximum absolute atomic E-state index is 12.9. The van der Waals surface area contributed by atoms with Crippen molar-refractivity contribution in [3.05, 3.63) is 119 Å². The first kappa shape index (κ1) is 44.0. The van der Waals surface area contributed by atoms with Gasteiger partial charge in [-0.2, -0.15) is 10.2 Å². The predicted molar refractivity (Wildman–Crippen MR) is 235 cm³/mol. The van der Waals surface area contributed by atoms with E-state index in [-0.39, 0.29) is 49.3 Å². The van der Waals surface area contributed by atoms with E-state index in [1.807, 2.05) is 84.9 Å². The minimum Gasteiger partial charge on any atom is -0.497 e. The van der Waals surface area contributed by atoms with Crippen molar-refractivity contribution in [3.63, 3.8) is 0 Å². The van der Waals surface area contributed by atoms with Crippen molar-refractivity contribution < 1.29 is 38.0 Å². The monoisotopic (exact) mass is 818 g/mol. The standard InChI is InChI=1S/C48H58N4O8/c1-7-43-33(3)46(49-51(43)39-17-21-41(55-5)22-18-39)36-11-9-35(10-12-36)45(53)25-26-57-27-28-58-29-30-59-31-32-60-48(54)38-15-13-37(14-16-38)47-34(4)44(8-2)52(50-47)40-19-23-42(56-6)24-20-40/h9-24,33-34,43-44H,7-8,25-32H2,1-6H3/t33-,34+,43+,44-/m0/s1. The molecule has 318 valence electrons. The van der Waals surface area contributed by atoms with Crippen LogP contribution in [-0.4, -0.2) is 95.7 Å². The van der Waals surface area contributed by atoms with E-state index in [4.69, 9.17) is 38.6 Å². The summed E-state index contributed by atoms with van der Waals surface area (Å²) in [6.45, 7) is 10.9. The lowest BCUT2D eigenvalue weighted by atomic mass is 9.90. The number of benzene rings is 4. The van der Waals surface area contributed by atoms with E-state index in [0.717, 1.165) is 58.3 Å². The van der Waals surface area contributed by atoms with Crippen molar-refractivity contribution in [1.29, 1.82) is 0 Å². The number of hydrogen-bond acceptors (Lipinski definition) is 12. The van der Waals surface area contributed by atoms with E-state index in [9.17, 15) is 9.59 Å². The van der Waals surface area contributed by atoms with Gasteiger partial charge in [0.25, 0.3) is 0 Å². The third-order valence-corrected chi connectivity index (χ3v) is 11.2. The van der Waals surface area contributed by atoms with Crippen molar-refractivity contribution in [2.75, 3.05) is 70.5 Å². The number of esters is 1. The van der Waals surface area contributed by atoms with Crippen LogP contribution in [0.2, 0.25) is 0 Å². The molecular weight excluding hydrogens is 761 g/mol. The zero-order valence-electron chi connectivity index (χ0n) is 35.7. The summed E-state index contributed by atoms with van der Waals surface area (Å²) in [5.41, 5.74) is 7.16. The molecule has 0 fully saturated rings. The van der Waals surface area contributed by atoms with Crippen LogP contribution in [0.25, 0.3) is 0 Å². The van der Waals surface area contributed by atoms with Crippen LogP contribution in [0.1, 0.15) is 78.8 Å². The molecule has 4 aromatic rings. The summed E-state index contributed by atoms with van der Waals surface area (Å²) in [5.74, 6) is 1.69. The number of hydrogen-bond donors (Lipinski definition) is 0. The average Bonchev–Trinajstić information content (AvgIpc) is 3.81. The first-order valence-corrected chi connectivity index (χ1v) is 20.9. The zero-order chi connectivity index (χ0) is 42.4. The summed E-state index contributed by atoms with van der Waals surface area (Å²) < 4.78 is 32.9. The Morgan fingerprint density at radius 1 is 0.533 bits per heavy atom. The molecule has 0 saturated carbocycles. The summed E-state index contributed by atoms with van der Waals surface area (Å²) >= 11 is 0. The molecule has 2 heterocycles. The Balaban J connectivity index is 0.824. The van der Waals surface area contributed by atoms with Gasteiger partial charge in [0, 0.05) is 23.8 Å². The largest absolute Gasteiger partial charge is 0.497 e. The van der Waals surface area contributed by atoms with Crippen LogP contribution in [0.15, 0.2) is 107 Å². The molecule has 0 saturated heterocycles. The second-order valence-corrected chi connectivity index (χ2v) is 14.9. The number of anilines is 2. The number of nitrogens with zero attached hydrogens (tertiary/aromatic N) is 4. The Hall–Kier alpha value is -5.56. The molecule has 2 aliphatic heterocycles. The highest BCUT2D eigenvalue weighted by atomic mass is 16.6. The van der Waals surface area contributed by atoms with Crippen LogP contribution in [-0.2, 0) is 18.9 Å². The molecule has 2 aliphatic rings. The van der Waals surface area contributed by atoms with Gasteiger partial charge in [-0.15, -0.1) is 0 Å². The van der Waals surface area contributed by atoms with Crippen molar-refractivity contribution in [1.82, 2.24) is 0 Å². The third kappa shape index (κ3) is 10.8. The van der Waals surface area contributed by atoms with E-state index in [0.29, 0.717) is 44.2 Å². The average molecular weight is 819 g/mol. The number of hydrazone groups is 2. The van der Waals surface area contributed by atoms with Gasteiger partial charge in [-0.3, -0.25) is 14.8 Å². The van der Waals surface area contributed by atoms with Crippen molar-refractivity contribution in [2.24, 2.45) is 22.0 Å². The summed E-state index contributed by atoms with van der Waals surface area (Å²) in [6.07, 6.45) is 2.18. The summed E-state index contributed by atoms with van der Waals surface area (Å²) in [6, 6.07) is 31.5. The molecule has 0 N–H and O–H groups in total. The van der Waals surface area contributed by atoms with Gasteiger partial charge in [0.1, 0.15) is 18.1 Å². The molecule has 0 radical (unpaired) electrons. The van der Waals surface area contributed by atoms with Gasteiger partial charge in [0.2, 0.25) is 0 Å². The molecule has 0 spiro atoms. The van der Waals surface area contributed by atoms with Gasteiger partial charge in [0.05, 0.1) is 94.3 Å². The molecule has 12 nitrogen and oxygen atoms in total. The fourth-order valence-electron chi connectivity index (χ4n) is 7.74. The van der Waals surface area contributed by atoms with Crippen LogP contribution in [0.4, 0.5) is 11.4 Å². The molecule has 4 aromatic carbocycles. The molecule has 0 aliphatic carbocycles. The molecule has 0 unspecified atom stereocenters. The predicted octanol–water partition coefficient (Wildman–Crippen LogP) is 8.46. The van der Waals surface area contributed by atoms with E-state index >= 15 is 0 Å². The molecule has 0 amide bonds. The van der Waals surface area contributed by atoms with E-state index in [1.165, 1.54) is 0 Å². The van der Waals surface area contributed by atoms with Crippen LogP contribution >= 0.6 is 0 Å². The lowest BCUT2D eigenvalue weighted by molar-refractivity contribution is 0.000502. The maximum Gasteiger partial charge on any atom is 0.338 e. The lowest BCUT2D eigenvalue weighted by Gasteiger charge is -2.25. The number of Topliss-reactive ketones (excluding diaryl/α,β-unsaturated/α-hetero) is 1. The van der Waals surface area contributed by atoms with Crippen molar-refractivity contribution >= 4 is 34.6 Å². The summed E-state index contributed by atoms with van der Waals surface area (Å²) in [7, 11) is 3.32. The Morgan fingerprint density at radius 2 is 0.933 bits per heavy atom. The first-order valence-electron chi connectivity index (χ1n) is 20.9. The zero-order valence-corrected chi connectivity index (χ0v) is 35.7. The summed E-state index contributed by atoms with van der Waals surface area (Å²) in [4.78, 5) is 25.5. The number of carbonyl (C=O) groups excluding carboxylic acids is 2. The molecule has 12 heteroatoms. The van der Waals surface area contributed by atoms with Crippen molar-refractivity contribution in [3.8, 4) is 11.5 Å². The fraction of sp³-hybridized carbons (Fsp3) is 0.417. The molecule has 0 aromatic heterocycles. The highest BCUT2D eigenvalue weighted by molar-refractivity contribution is 6.06. The normalized spacial score (nSPS) is 18.6. The van der Waals surface area contributed by atoms with Gasteiger partial charge in [-0.05, 0) is 84.6 Å². The first-order chi connectivity index (χ1) is 29.3. The highest BCUT2D eigenvalue weighted by Gasteiger charge is 2.35. The van der Waals surface area contributed by atoms with E-state index < -0.39 is 5.97 Å². The topological polar surface area (TPSA) is 121 Å². The maximum atomic E-state index is 12.9. The minimum absolute atomic E-state index is 0.0257. The van der Waals surface area contributed by atoms with Crippen LogP contribution in [0.3, 0.4) is 0 Å². The Bertz CT molecular complexity index is 1900. The van der Waals surface area contributed by atoms with E-state index in [2.05, 4.69) is 37.7 Å². The second-order valence-electron chi connectivity index (χ2n) is 14.9. The van der Waals surface area contributed by atoms with Gasteiger partial charge < -0.3 is 28.4 Å². The van der Waals surface area contributed by atoms with Crippen molar-refractivity contribution in [2.45, 2.75) is 59.0 Å². The summed E-state index contributed by atoms with van der Waals surface area (Å²) in [5, 5.41) is 14.2. The van der Waals surface area contributed by atoms with Crippen LogP contribution in [0.5, 0.6) is 11.5 Å². The molecular formula is C48H58N4O8. The second kappa shape index (κ2) is 21.6. The smallest absolute Gasteiger partial charge is 0.338 e.